The number of nitrogens with one attached hydrogen (secondary N) is 1. The maximum absolute atomic E-state index is 13.1. The third kappa shape index (κ3) is 5.25. The molecule has 2 rings (SSSR count). The molecular formula is C17H18ClFN2O2S. The van der Waals surface area contributed by atoms with Gasteiger partial charge in [-0.05, 0) is 54.7 Å². The van der Waals surface area contributed by atoms with Gasteiger partial charge in [-0.1, -0.05) is 11.6 Å². The van der Waals surface area contributed by atoms with Gasteiger partial charge in [0.2, 0.25) is 0 Å². The van der Waals surface area contributed by atoms with E-state index in [0.717, 1.165) is 11.5 Å². The Morgan fingerprint density at radius 1 is 1.21 bits per heavy atom. The van der Waals surface area contributed by atoms with Crippen LogP contribution in [0.1, 0.15) is 0 Å². The van der Waals surface area contributed by atoms with E-state index >= 15 is 0 Å². The highest BCUT2D eigenvalue weighted by Gasteiger charge is 2.07. The summed E-state index contributed by atoms with van der Waals surface area (Å²) in [6, 6.07) is 11.7. The van der Waals surface area contributed by atoms with Crippen LogP contribution in [0, 0.1) is 5.82 Å². The Hall–Kier alpha value is -2.05. The highest BCUT2D eigenvalue weighted by atomic mass is 35.5. The molecule has 2 aromatic rings. The van der Waals surface area contributed by atoms with Gasteiger partial charge in [0.25, 0.3) is 0 Å². The second-order valence-corrected chi connectivity index (χ2v) is 5.80. The number of likely N-dealkylation sites (N-methyl/N-ethyl adjacent to an activating group) is 1. The van der Waals surface area contributed by atoms with E-state index in [2.05, 4.69) is 5.32 Å². The molecule has 7 heteroatoms. The lowest BCUT2D eigenvalue weighted by Crippen LogP contribution is -2.34. The third-order valence-electron chi connectivity index (χ3n) is 3.27. The first-order valence-electron chi connectivity index (χ1n) is 7.23. The molecule has 0 aliphatic rings. The van der Waals surface area contributed by atoms with Crippen LogP contribution >= 0.6 is 23.8 Å². The largest absolute Gasteiger partial charge is 0.497 e. The van der Waals surface area contributed by atoms with Gasteiger partial charge in [-0.25, -0.2) is 4.39 Å². The second-order valence-electron chi connectivity index (χ2n) is 5.00. The average Bonchev–Trinajstić information content (AvgIpc) is 2.58. The number of halogens is 2. The van der Waals surface area contributed by atoms with E-state index < -0.39 is 5.82 Å². The molecular weight excluding hydrogens is 351 g/mol. The Balaban J connectivity index is 1.79. The molecule has 1 N–H and O–H groups in total. The van der Waals surface area contributed by atoms with Crippen LogP contribution in [-0.2, 0) is 0 Å². The summed E-state index contributed by atoms with van der Waals surface area (Å²) in [6.07, 6.45) is 0. The molecule has 0 saturated heterocycles. The number of methoxy groups -OCH3 is 1. The average molecular weight is 369 g/mol. The second kappa shape index (κ2) is 8.70. The number of benzene rings is 2. The first kappa shape index (κ1) is 18.3. The van der Waals surface area contributed by atoms with Gasteiger partial charge in [0.15, 0.2) is 5.11 Å². The van der Waals surface area contributed by atoms with Crippen molar-refractivity contribution < 1.29 is 13.9 Å². The number of ether oxygens (including phenoxy) is 2. The molecule has 0 saturated carbocycles. The fourth-order valence-corrected chi connectivity index (χ4v) is 2.26. The molecule has 0 bridgehead atoms. The van der Waals surface area contributed by atoms with Gasteiger partial charge in [-0.2, -0.15) is 0 Å². The van der Waals surface area contributed by atoms with Crippen LogP contribution in [-0.4, -0.2) is 37.3 Å². The summed E-state index contributed by atoms with van der Waals surface area (Å²) >= 11 is 11.1. The summed E-state index contributed by atoms with van der Waals surface area (Å²) in [5.41, 5.74) is 0.634. The lowest BCUT2D eigenvalue weighted by molar-refractivity contribution is 0.285. The minimum atomic E-state index is -0.464. The van der Waals surface area contributed by atoms with Crippen LogP contribution in [0.5, 0.6) is 11.5 Å². The highest BCUT2D eigenvalue weighted by Crippen LogP contribution is 2.20. The summed E-state index contributed by atoms with van der Waals surface area (Å²) < 4.78 is 23.9. The zero-order chi connectivity index (χ0) is 17.5. The number of thiocarbonyl (C=S) groups is 1. The Morgan fingerprint density at radius 3 is 2.50 bits per heavy atom. The number of nitrogens with zero attached hydrogens (tertiary/aromatic N) is 1. The standard InChI is InChI=1S/C17H18ClFN2O2S/c1-21(9-10-23-14-6-4-13(22-2)5-7-14)17(24)20-12-3-8-16(19)15(18)11-12/h3-8,11H,9-10H2,1-2H3,(H,20,24). The van der Waals surface area contributed by atoms with Gasteiger partial charge >= 0.3 is 0 Å². The fraction of sp³-hybridized carbons (Fsp3) is 0.235. The molecule has 0 heterocycles. The quantitative estimate of drug-likeness (QED) is 0.773. The van der Waals surface area contributed by atoms with Crippen molar-refractivity contribution in [2.24, 2.45) is 0 Å². The van der Waals surface area contributed by atoms with Crippen molar-refractivity contribution in [2.75, 3.05) is 32.6 Å². The van der Waals surface area contributed by atoms with Crippen molar-refractivity contribution >= 4 is 34.6 Å². The Labute approximate surface area is 151 Å². The summed E-state index contributed by atoms with van der Waals surface area (Å²) in [5.74, 6) is 1.07. The fourth-order valence-electron chi connectivity index (χ4n) is 1.87. The van der Waals surface area contributed by atoms with Crippen molar-refractivity contribution in [3.05, 3.63) is 53.3 Å². The van der Waals surface area contributed by atoms with Crippen molar-refractivity contribution in [1.82, 2.24) is 4.90 Å². The Bertz CT molecular complexity index is 697. The summed E-state index contributed by atoms with van der Waals surface area (Å²) in [7, 11) is 3.46. The smallest absolute Gasteiger partial charge is 0.173 e. The molecule has 0 fully saturated rings. The highest BCUT2D eigenvalue weighted by molar-refractivity contribution is 7.80. The first-order valence-corrected chi connectivity index (χ1v) is 8.02. The predicted molar refractivity (Wildman–Crippen MR) is 98.7 cm³/mol. The summed E-state index contributed by atoms with van der Waals surface area (Å²) in [4.78, 5) is 1.83. The van der Waals surface area contributed by atoms with E-state index in [9.17, 15) is 4.39 Å². The molecule has 4 nitrogen and oxygen atoms in total. The van der Waals surface area contributed by atoms with Crippen LogP contribution < -0.4 is 14.8 Å². The van der Waals surface area contributed by atoms with Crippen LogP contribution in [0.2, 0.25) is 5.02 Å². The van der Waals surface area contributed by atoms with Gasteiger partial charge < -0.3 is 19.7 Å². The maximum Gasteiger partial charge on any atom is 0.173 e. The number of hydrogen-bond acceptors (Lipinski definition) is 3. The molecule has 128 valence electrons. The molecule has 0 amide bonds. The van der Waals surface area contributed by atoms with E-state index in [1.165, 1.54) is 12.1 Å². The molecule has 0 aromatic heterocycles. The zero-order valence-corrected chi connectivity index (χ0v) is 15.0. The van der Waals surface area contributed by atoms with E-state index in [4.69, 9.17) is 33.3 Å². The lowest BCUT2D eigenvalue weighted by Gasteiger charge is -2.21. The van der Waals surface area contributed by atoms with Crippen LogP contribution in [0.4, 0.5) is 10.1 Å². The van der Waals surface area contributed by atoms with Crippen LogP contribution in [0.3, 0.4) is 0 Å². The minimum Gasteiger partial charge on any atom is -0.497 e. The molecule has 24 heavy (non-hydrogen) atoms. The van der Waals surface area contributed by atoms with Gasteiger partial charge in [-0.3, -0.25) is 0 Å². The molecule has 0 aliphatic carbocycles. The van der Waals surface area contributed by atoms with Crippen LogP contribution in [0.25, 0.3) is 0 Å². The zero-order valence-electron chi connectivity index (χ0n) is 13.4. The minimum absolute atomic E-state index is 0.0493. The molecule has 0 radical (unpaired) electrons. The van der Waals surface area contributed by atoms with Crippen molar-refractivity contribution in [1.29, 1.82) is 0 Å². The third-order valence-corrected chi connectivity index (χ3v) is 3.98. The Morgan fingerprint density at radius 2 is 1.88 bits per heavy atom. The normalized spacial score (nSPS) is 10.2. The number of rotatable bonds is 6. The first-order chi connectivity index (χ1) is 11.5. The van der Waals surface area contributed by atoms with Gasteiger partial charge in [0.1, 0.15) is 23.9 Å². The molecule has 0 spiro atoms. The molecule has 2 aromatic carbocycles. The van der Waals surface area contributed by atoms with Crippen LogP contribution in [0.15, 0.2) is 42.5 Å². The predicted octanol–water partition coefficient (Wildman–Crippen LogP) is 4.20. The molecule has 0 aliphatic heterocycles. The molecule has 0 atom stereocenters. The van der Waals surface area contributed by atoms with E-state index in [-0.39, 0.29) is 5.02 Å². The topological polar surface area (TPSA) is 33.7 Å². The van der Waals surface area contributed by atoms with Gasteiger partial charge in [-0.15, -0.1) is 0 Å². The van der Waals surface area contributed by atoms with E-state index in [1.54, 1.807) is 13.2 Å². The SMILES string of the molecule is COc1ccc(OCCN(C)C(=S)Nc2ccc(F)c(Cl)c2)cc1. The van der Waals surface area contributed by atoms with E-state index in [1.807, 2.05) is 36.2 Å². The lowest BCUT2D eigenvalue weighted by atomic mass is 10.3. The monoisotopic (exact) mass is 368 g/mol. The number of anilines is 1. The summed E-state index contributed by atoms with van der Waals surface area (Å²) in [5, 5.41) is 3.55. The molecule has 0 unspecified atom stereocenters. The van der Waals surface area contributed by atoms with E-state index in [0.29, 0.717) is 24.0 Å². The number of hydrogen-bond donors (Lipinski definition) is 1. The van der Waals surface area contributed by atoms with Crippen molar-refractivity contribution in [2.45, 2.75) is 0 Å². The maximum atomic E-state index is 13.1. The van der Waals surface area contributed by atoms with Crippen molar-refractivity contribution in [3.63, 3.8) is 0 Å². The Kier molecular flexibility index (Phi) is 6.63. The van der Waals surface area contributed by atoms with Crippen molar-refractivity contribution in [3.8, 4) is 11.5 Å². The van der Waals surface area contributed by atoms with Gasteiger partial charge in [0.05, 0.1) is 18.7 Å². The van der Waals surface area contributed by atoms with Gasteiger partial charge in [0, 0.05) is 12.7 Å². The summed E-state index contributed by atoms with van der Waals surface area (Å²) in [6.45, 7) is 1.06.